The smallest absolute Gasteiger partial charge is 0.331 e. The van der Waals surface area contributed by atoms with Crippen LogP contribution < -0.4 is 16.1 Å². The number of fused-ring (bicyclic) bond motifs is 1. The predicted molar refractivity (Wildman–Crippen MR) is 107 cm³/mol. The van der Waals surface area contributed by atoms with E-state index in [2.05, 4.69) is 4.90 Å². The van der Waals surface area contributed by atoms with E-state index < -0.39 is 5.69 Å². The number of hydrogen-bond acceptors (Lipinski definition) is 5. The first-order valence-corrected chi connectivity index (χ1v) is 9.79. The van der Waals surface area contributed by atoms with Crippen LogP contribution in [0.5, 0.6) is 0 Å². The molecule has 0 unspecified atom stereocenters. The molecular weight excluding hydrogens is 383 g/mol. The van der Waals surface area contributed by atoms with Crippen LogP contribution in [0, 0.1) is 5.82 Å². The Labute approximate surface area is 163 Å². The van der Waals surface area contributed by atoms with Gasteiger partial charge in [-0.3, -0.25) is 18.7 Å². The molecule has 0 N–H and O–H groups in total. The van der Waals surface area contributed by atoms with Crippen molar-refractivity contribution in [2.24, 2.45) is 7.05 Å². The molecule has 0 spiro atoms. The van der Waals surface area contributed by atoms with Crippen molar-refractivity contribution >= 4 is 33.1 Å². The zero-order valence-corrected chi connectivity index (χ0v) is 16.1. The van der Waals surface area contributed by atoms with Gasteiger partial charge in [0.1, 0.15) is 17.1 Å². The number of benzene rings is 1. The number of piperazine rings is 1. The van der Waals surface area contributed by atoms with Crippen LogP contribution in [0.2, 0.25) is 0 Å². The van der Waals surface area contributed by atoms with Gasteiger partial charge in [0.2, 0.25) is 5.91 Å². The average Bonchev–Trinajstić information content (AvgIpc) is 3.20. The van der Waals surface area contributed by atoms with Gasteiger partial charge >= 0.3 is 5.69 Å². The molecule has 4 rings (SSSR count). The summed E-state index contributed by atoms with van der Waals surface area (Å²) < 4.78 is 16.0. The zero-order chi connectivity index (χ0) is 19.8. The fourth-order valence-electron chi connectivity index (χ4n) is 3.45. The lowest BCUT2D eigenvalue weighted by Crippen LogP contribution is -2.50. The minimum Gasteiger partial charge on any atom is -0.368 e. The highest BCUT2D eigenvalue weighted by Crippen LogP contribution is 2.18. The Morgan fingerprint density at radius 1 is 1.07 bits per heavy atom. The zero-order valence-electron chi connectivity index (χ0n) is 15.3. The van der Waals surface area contributed by atoms with Gasteiger partial charge in [-0.1, -0.05) is 0 Å². The second-order valence-electron chi connectivity index (χ2n) is 6.71. The molecule has 0 aliphatic carbocycles. The Bertz CT molecular complexity index is 1140. The number of carbonyl (C=O) groups is 1. The summed E-state index contributed by atoms with van der Waals surface area (Å²) in [5.74, 6) is -0.438. The third-order valence-electron chi connectivity index (χ3n) is 5.07. The van der Waals surface area contributed by atoms with E-state index in [-0.39, 0.29) is 23.8 Å². The van der Waals surface area contributed by atoms with E-state index in [4.69, 9.17) is 0 Å². The lowest BCUT2D eigenvalue weighted by molar-refractivity contribution is -0.132. The number of amides is 1. The lowest BCUT2D eigenvalue weighted by Gasteiger charge is -2.36. The molecule has 3 aromatic rings. The maximum Gasteiger partial charge on any atom is 0.331 e. The average molecular weight is 402 g/mol. The van der Waals surface area contributed by atoms with E-state index in [1.165, 1.54) is 35.1 Å². The molecule has 0 radical (unpaired) electrons. The van der Waals surface area contributed by atoms with Gasteiger partial charge in [0.25, 0.3) is 5.56 Å². The standard InChI is InChI=1S/C19H19FN4O3S/c1-21-18(26)17-15(6-11-28-17)24(19(21)27)12-16(25)23-9-7-22(8-10-23)14-4-2-13(20)3-5-14/h2-6,11H,7-10,12H2,1H3. The van der Waals surface area contributed by atoms with Gasteiger partial charge in [-0.2, -0.15) is 0 Å². The van der Waals surface area contributed by atoms with Crippen molar-refractivity contribution in [1.82, 2.24) is 14.0 Å². The normalized spacial score (nSPS) is 14.6. The van der Waals surface area contributed by atoms with Crippen LogP contribution in [0.15, 0.2) is 45.3 Å². The molecule has 1 aliphatic rings. The van der Waals surface area contributed by atoms with Gasteiger partial charge in [0.15, 0.2) is 0 Å². The van der Waals surface area contributed by atoms with Gasteiger partial charge in [0.05, 0.1) is 5.52 Å². The van der Waals surface area contributed by atoms with Gasteiger partial charge in [0, 0.05) is 38.9 Å². The van der Waals surface area contributed by atoms with Crippen LogP contribution in [0.25, 0.3) is 10.2 Å². The Morgan fingerprint density at radius 3 is 2.43 bits per heavy atom. The largest absolute Gasteiger partial charge is 0.368 e. The number of hydrogen-bond donors (Lipinski definition) is 0. The third kappa shape index (κ3) is 3.22. The number of anilines is 1. The van der Waals surface area contributed by atoms with Crippen molar-refractivity contribution in [3.8, 4) is 0 Å². The highest BCUT2D eigenvalue weighted by Gasteiger charge is 2.23. The Balaban J connectivity index is 1.49. The van der Waals surface area contributed by atoms with Gasteiger partial charge in [-0.05, 0) is 35.7 Å². The summed E-state index contributed by atoms with van der Waals surface area (Å²) in [4.78, 5) is 41.3. The summed E-state index contributed by atoms with van der Waals surface area (Å²) in [6.45, 7) is 2.20. The first-order chi connectivity index (χ1) is 13.5. The molecule has 1 saturated heterocycles. The molecule has 146 valence electrons. The quantitative estimate of drug-likeness (QED) is 0.661. The van der Waals surface area contributed by atoms with E-state index in [0.717, 1.165) is 10.3 Å². The summed E-state index contributed by atoms with van der Waals surface area (Å²) >= 11 is 1.26. The molecule has 1 aliphatic heterocycles. The Hall–Kier alpha value is -2.94. The third-order valence-corrected chi connectivity index (χ3v) is 5.96. The number of aromatic nitrogens is 2. The molecular formula is C19H19FN4O3S. The van der Waals surface area contributed by atoms with Crippen LogP contribution in [0.3, 0.4) is 0 Å². The predicted octanol–water partition coefficient (Wildman–Crippen LogP) is 1.25. The van der Waals surface area contributed by atoms with E-state index in [1.54, 1.807) is 28.5 Å². The molecule has 7 nitrogen and oxygen atoms in total. The lowest BCUT2D eigenvalue weighted by atomic mass is 10.2. The van der Waals surface area contributed by atoms with Crippen LogP contribution in [-0.2, 0) is 18.4 Å². The summed E-state index contributed by atoms with van der Waals surface area (Å²) in [5.41, 5.74) is 0.583. The molecule has 1 fully saturated rings. The molecule has 1 aromatic carbocycles. The van der Waals surface area contributed by atoms with Crippen LogP contribution in [0.1, 0.15) is 0 Å². The molecule has 28 heavy (non-hydrogen) atoms. The topological polar surface area (TPSA) is 67.6 Å². The Morgan fingerprint density at radius 2 is 1.75 bits per heavy atom. The number of halogens is 1. The van der Waals surface area contributed by atoms with Crippen LogP contribution >= 0.6 is 11.3 Å². The van der Waals surface area contributed by atoms with Gasteiger partial charge in [-0.25, -0.2) is 9.18 Å². The van der Waals surface area contributed by atoms with E-state index >= 15 is 0 Å². The molecule has 0 atom stereocenters. The Kier molecular flexibility index (Phi) is 4.76. The van der Waals surface area contributed by atoms with E-state index in [9.17, 15) is 18.8 Å². The number of thiophene rings is 1. The van der Waals surface area contributed by atoms with Crippen molar-refractivity contribution in [2.75, 3.05) is 31.1 Å². The van der Waals surface area contributed by atoms with Crippen molar-refractivity contribution in [1.29, 1.82) is 0 Å². The minimum absolute atomic E-state index is 0.100. The van der Waals surface area contributed by atoms with Crippen LogP contribution in [0.4, 0.5) is 10.1 Å². The van der Waals surface area contributed by atoms with Gasteiger partial charge < -0.3 is 9.80 Å². The fraction of sp³-hybridized carbons (Fsp3) is 0.316. The van der Waals surface area contributed by atoms with Crippen LogP contribution in [-0.4, -0.2) is 46.1 Å². The number of carbonyl (C=O) groups excluding carboxylic acids is 1. The molecule has 9 heteroatoms. The number of nitrogens with zero attached hydrogens (tertiary/aromatic N) is 4. The first-order valence-electron chi connectivity index (χ1n) is 8.91. The molecule has 0 bridgehead atoms. The van der Waals surface area contributed by atoms with Crippen molar-refractivity contribution in [3.63, 3.8) is 0 Å². The highest BCUT2D eigenvalue weighted by atomic mass is 32.1. The summed E-state index contributed by atoms with van der Waals surface area (Å²) in [5, 5.41) is 1.74. The SMILES string of the molecule is Cn1c(=O)c2sccc2n(CC(=O)N2CCN(c3ccc(F)cc3)CC2)c1=O. The monoisotopic (exact) mass is 402 g/mol. The fourth-order valence-corrected chi connectivity index (χ4v) is 4.32. The van der Waals surface area contributed by atoms with Crippen molar-refractivity contribution < 1.29 is 9.18 Å². The molecule has 3 heterocycles. The molecule has 2 aromatic heterocycles. The second kappa shape index (κ2) is 7.23. The molecule has 1 amide bonds. The van der Waals surface area contributed by atoms with Crippen molar-refractivity contribution in [2.45, 2.75) is 6.54 Å². The van der Waals surface area contributed by atoms with E-state index in [1.807, 2.05) is 0 Å². The maximum atomic E-state index is 13.1. The van der Waals surface area contributed by atoms with Gasteiger partial charge in [-0.15, -0.1) is 11.3 Å². The summed E-state index contributed by atoms with van der Waals surface area (Å²) in [7, 11) is 1.42. The second-order valence-corrected chi connectivity index (χ2v) is 7.63. The van der Waals surface area contributed by atoms with Crippen molar-refractivity contribution in [3.05, 3.63) is 62.4 Å². The maximum absolute atomic E-state index is 13.1. The molecule has 0 saturated carbocycles. The highest BCUT2D eigenvalue weighted by molar-refractivity contribution is 7.17. The van der Waals surface area contributed by atoms with E-state index in [0.29, 0.717) is 36.4 Å². The summed E-state index contributed by atoms with van der Waals surface area (Å²) in [6.07, 6.45) is 0. The summed E-state index contributed by atoms with van der Waals surface area (Å²) in [6, 6.07) is 7.99. The first kappa shape index (κ1) is 18.4. The minimum atomic E-state index is -0.491. The number of rotatable bonds is 3.